The van der Waals surface area contributed by atoms with E-state index in [0.717, 1.165) is 0 Å². The molecule has 0 spiro atoms. The predicted molar refractivity (Wildman–Crippen MR) is 28.4 cm³/mol. The van der Waals surface area contributed by atoms with Gasteiger partial charge in [-0.1, -0.05) is 0 Å². The largest absolute Gasteiger partial charge is 0 e. The van der Waals surface area contributed by atoms with Gasteiger partial charge in [-0.05, 0) is 0 Å². The molecule has 0 unspecified atom stereocenters. The van der Waals surface area contributed by atoms with E-state index in [4.69, 9.17) is 0 Å². The standard InChI is InChI=1S/Al.Bi.Cu.Pd.Sn.Zn.8H. The molecule has 0 heterocycles. The molecule has 43 valence electrons. The molecule has 0 aliphatic rings. The summed E-state index contributed by atoms with van der Waals surface area (Å²) < 4.78 is 0. The first-order chi connectivity index (χ1) is 0. The van der Waals surface area contributed by atoms with Crippen molar-refractivity contribution >= 4 is 67.5 Å². The fraction of sp³-hybridized carbons (Fsp3) is 0. The van der Waals surface area contributed by atoms with Crippen LogP contribution in [-0.4, -0.2) is 67.5 Å². The Bertz CT molecular complexity index is 15.5. The summed E-state index contributed by atoms with van der Waals surface area (Å²) in [7, 11) is 0. The molecule has 0 aliphatic heterocycles. The summed E-state index contributed by atoms with van der Waals surface area (Å²) in [6, 6.07) is 0. The quantitative estimate of drug-likeness (QED) is 0.257. The topological polar surface area (TPSA) is 0 Å². The van der Waals surface area contributed by atoms with Gasteiger partial charge in [-0.3, -0.25) is 0 Å². The third-order valence-electron chi connectivity index (χ3n) is 0. The van der Waals surface area contributed by atoms with Crippen molar-refractivity contribution in [3.8, 4) is 0 Å². The van der Waals surface area contributed by atoms with E-state index < -0.39 is 0 Å². The van der Waals surface area contributed by atoms with E-state index in [9.17, 15) is 0 Å². The first-order valence-electron chi connectivity index (χ1n) is 0. The summed E-state index contributed by atoms with van der Waals surface area (Å²) in [4.78, 5) is 0. The van der Waals surface area contributed by atoms with Gasteiger partial charge in [-0.25, -0.2) is 0 Å². The maximum Gasteiger partial charge on any atom is 0 e. The van der Waals surface area contributed by atoms with E-state index in [-0.39, 0.29) is 124 Å². The SMILES string of the molecule is [AlH3].[BiH3].[Cu].[Pd].[SnH2].[Zn]. The van der Waals surface area contributed by atoms with Gasteiger partial charge < -0.3 is 0 Å². The maximum absolute atomic E-state index is 0. The molecule has 6 heteroatoms. The summed E-state index contributed by atoms with van der Waals surface area (Å²) in [5.74, 6) is 0. The first-order valence-corrected chi connectivity index (χ1v) is 0. The van der Waals surface area contributed by atoms with Gasteiger partial charge in [-0.15, -0.1) is 0 Å². The van der Waals surface area contributed by atoms with Crippen molar-refractivity contribution in [2.24, 2.45) is 0 Å². The maximum atomic E-state index is 0. The van der Waals surface area contributed by atoms with Crippen LogP contribution in [0.4, 0.5) is 0 Å². The van der Waals surface area contributed by atoms with E-state index >= 15 is 0 Å². The fourth-order valence-corrected chi connectivity index (χ4v) is 0. The van der Waals surface area contributed by atoms with Gasteiger partial charge in [-0.2, -0.15) is 0 Å². The van der Waals surface area contributed by atoms with Gasteiger partial charge in [0.05, 0.1) is 0 Å². The molecular weight excluding hydrogens is 590 g/mol. The minimum absolute atomic E-state index is 0. The van der Waals surface area contributed by atoms with E-state index in [1.165, 1.54) is 0 Å². The Morgan fingerprint density at radius 2 is 1.00 bits per heavy atom. The molecule has 0 N–H and O–H groups in total. The Morgan fingerprint density at radius 1 is 1.00 bits per heavy atom. The average molecular weight is 598 g/mol. The van der Waals surface area contributed by atoms with Crippen molar-refractivity contribution in [3.05, 3.63) is 0 Å². The smallest absolute Gasteiger partial charge is 0 e. The zero-order chi connectivity index (χ0) is 0. The van der Waals surface area contributed by atoms with Gasteiger partial charge in [0.25, 0.3) is 0 Å². The van der Waals surface area contributed by atoms with Crippen molar-refractivity contribution in [2.75, 3.05) is 0 Å². The van der Waals surface area contributed by atoms with Crippen LogP contribution in [0.1, 0.15) is 0 Å². The molecule has 0 saturated heterocycles. The number of hydrogen-bond acceptors (Lipinski definition) is 0. The van der Waals surface area contributed by atoms with Crippen LogP contribution in [0.3, 0.4) is 0 Å². The van der Waals surface area contributed by atoms with Crippen LogP contribution >= 0.6 is 0 Å². The second-order valence-electron chi connectivity index (χ2n) is 0. The molecule has 0 atom stereocenters. The van der Waals surface area contributed by atoms with Crippen molar-refractivity contribution in [2.45, 2.75) is 0 Å². The van der Waals surface area contributed by atoms with Crippen molar-refractivity contribution in [3.63, 3.8) is 0 Å². The molecule has 0 rings (SSSR count). The van der Waals surface area contributed by atoms with E-state index in [1.54, 1.807) is 0 Å². The number of rotatable bonds is 0. The summed E-state index contributed by atoms with van der Waals surface area (Å²) in [6.45, 7) is 0. The Kier molecular flexibility index (Phi) is 302. The molecule has 0 saturated carbocycles. The Hall–Kier alpha value is 4.02. The molecule has 0 nitrogen and oxygen atoms in total. The van der Waals surface area contributed by atoms with Crippen LogP contribution in [0.15, 0.2) is 0 Å². The molecule has 3 radical (unpaired) electrons. The molecule has 6 heavy (non-hydrogen) atoms. The van der Waals surface area contributed by atoms with Gasteiger partial charge in [0.15, 0.2) is 17.4 Å². The van der Waals surface area contributed by atoms with Crippen molar-refractivity contribution in [1.29, 1.82) is 0 Å². The summed E-state index contributed by atoms with van der Waals surface area (Å²) >= 11 is 0. The van der Waals surface area contributed by atoms with Crippen molar-refractivity contribution < 1.29 is 57.0 Å². The summed E-state index contributed by atoms with van der Waals surface area (Å²) in [5, 5.41) is 0. The molecule has 0 aromatic heterocycles. The fourth-order valence-electron chi connectivity index (χ4n) is 0. The normalized spacial score (nSPS) is 0. The van der Waals surface area contributed by atoms with Crippen LogP contribution in [-0.2, 0) is 57.0 Å². The van der Waals surface area contributed by atoms with Crippen LogP contribution in [0, 0.1) is 0 Å². The molecule has 0 aliphatic carbocycles. The molecular formula is H8AlBiCuPdSnZn. The van der Waals surface area contributed by atoms with E-state index in [0.29, 0.717) is 0 Å². The van der Waals surface area contributed by atoms with Gasteiger partial charge in [0, 0.05) is 57.0 Å². The minimum Gasteiger partial charge on any atom is 0 e. The Balaban J connectivity index is 0. The second-order valence-corrected chi connectivity index (χ2v) is 0. The molecule has 0 fully saturated rings. The minimum atomic E-state index is 0. The van der Waals surface area contributed by atoms with Crippen molar-refractivity contribution in [1.82, 2.24) is 0 Å². The van der Waals surface area contributed by atoms with Gasteiger partial charge in [0.1, 0.15) is 0 Å². The third-order valence-corrected chi connectivity index (χ3v) is 0. The van der Waals surface area contributed by atoms with Crippen LogP contribution < -0.4 is 0 Å². The molecule has 0 aromatic rings. The molecule has 0 amide bonds. The Labute approximate surface area is 122 Å². The van der Waals surface area contributed by atoms with E-state index in [1.807, 2.05) is 0 Å². The zero-order valence-electron chi connectivity index (χ0n) is 2.74. The van der Waals surface area contributed by atoms with E-state index in [2.05, 4.69) is 0 Å². The van der Waals surface area contributed by atoms with Crippen LogP contribution in [0.2, 0.25) is 0 Å². The Morgan fingerprint density at radius 3 is 1.00 bits per heavy atom. The summed E-state index contributed by atoms with van der Waals surface area (Å²) in [5.41, 5.74) is 0. The zero-order valence-corrected chi connectivity index (χ0v) is 17.7. The monoisotopic (exact) mass is 597 g/mol. The van der Waals surface area contributed by atoms with Crippen LogP contribution in [0.25, 0.3) is 0 Å². The predicted octanol–water partition coefficient (Wildman–Crippen LogP) is -3.29. The van der Waals surface area contributed by atoms with Gasteiger partial charge in [0.2, 0.25) is 0 Å². The van der Waals surface area contributed by atoms with Gasteiger partial charge >= 0.3 is 50.1 Å². The average Bonchev–Trinajstić information content (AvgIpc) is 0. The second kappa shape index (κ2) is 35.9. The first kappa shape index (κ1) is 50.5. The third kappa shape index (κ3) is 24.5. The number of hydrogen-bond donors (Lipinski definition) is 0. The molecule has 0 bridgehead atoms. The van der Waals surface area contributed by atoms with Crippen LogP contribution in [0.5, 0.6) is 0 Å². The molecule has 0 aromatic carbocycles. The summed E-state index contributed by atoms with van der Waals surface area (Å²) in [6.07, 6.45) is 0.